The van der Waals surface area contributed by atoms with Crippen LogP contribution in [-0.4, -0.2) is 23.0 Å². The summed E-state index contributed by atoms with van der Waals surface area (Å²) in [5.74, 6) is -1.75. The highest BCUT2D eigenvalue weighted by molar-refractivity contribution is 5.78. The SMILES string of the molecule is O=C(CCc1ccc(F)cc1)NC1CCCCCCC1C(=O)O. The second-order valence-electron chi connectivity index (χ2n) is 6.24. The van der Waals surface area contributed by atoms with Crippen LogP contribution in [0.25, 0.3) is 0 Å². The van der Waals surface area contributed by atoms with Crippen molar-refractivity contribution in [3.8, 4) is 0 Å². The summed E-state index contributed by atoms with van der Waals surface area (Å²) in [6.45, 7) is 0. The molecule has 2 atom stereocenters. The largest absolute Gasteiger partial charge is 0.481 e. The van der Waals surface area contributed by atoms with E-state index in [4.69, 9.17) is 0 Å². The Kier molecular flexibility index (Phi) is 6.56. The molecule has 0 aromatic heterocycles. The quantitative estimate of drug-likeness (QED) is 0.874. The molecule has 0 bridgehead atoms. The molecule has 1 aromatic rings. The van der Waals surface area contributed by atoms with Gasteiger partial charge in [-0.05, 0) is 37.0 Å². The Bertz CT molecular complexity index is 530. The molecule has 0 heterocycles. The molecule has 1 aliphatic rings. The number of aliphatic carboxylic acids is 1. The van der Waals surface area contributed by atoms with Gasteiger partial charge < -0.3 is 10.4 Å². The summed E-state index contributed by atoms with van der Waals surface area (Å²) in [6, 6.07) is 5.80. The molecule has 2 unspecified atom stereocenters. The molecule has 1 amide bonds. The summed E-state index contributed by atoms with van der Waals surface area (Å²) in [5.41, 5.74) is 0.897. The average Bonchev–Trinajstić information content (AvgIpc) is 2.49. The number of rotatable bonds is 5. The van der Waals surface area contributed by atoms with Crippen LogP contribution in [0.5, 0.6) is 0 Å². The third kappa shape index (κ3) is 5.66. The summed E-state index contributed by atoms with van der Waals surface area (Å²) < 4.78 is 12.8. The highest BCUT2D eigenvalue weighted by Crippen LogP contribution is 2.23. The van der Waals surface area contributed by atoms with Gasteiger partial charge in [0.25, 0.3) is 0 Å². The predicted octanol–water partition coefficient (Wildman–Crippen LogP) is 3.30. The maximum atomic E-state index is 12.8. The Morgan fingerprint density at radius 1 is 1.09 bits per heavy atom. The second-order valence-corrected chi connectivity index (χ2v) is 6.24. The van der Waals surface area contributed by atoms with Gasteiger partial charge in [0.15, 0.2) is 0 Å². The third-order valence-electron chi connectivity index (χ3n) is 4.48. The normalized spacial score (nSPS) is 22.0. The topological polar surface area (TPSA) is 66.4 Å². The van der Waals surface area contributed by atoms with Gasteiger partial charge in [-0.15, -0.1) is 0 Å². The second kappa shape index (κ2) is 8.65. The zero-order valence-electron chi connectivity index (χ0n) is 13.3. The Balaban J connectivity index is 1.88. The number of hydrogen-bond donors (Lipinski definition) is 2. The maximum absolute atomic E-state index is 12.8. The third-order valence-corrected chi connectivity index (χ3v) is 4.48. The molecule has 1 aliphatic carbocycles. The van der Waals surface area contributed by atoms with Crippen molar-refractivity contribution in [1.29, 1.82) is 0 Å². The van der Waals surface area contributed by atoms with Crippen LogP contribution >= 0.6 is 0 Å². The van der Waals surface area contributed by atoms with Crippen molar-refractivity contribution in [1.82, 2.24) is 5.32 Å². The van der Waals surface area contributed by atoms with Crippen LogP contribution < -0.4 is 5.32 Å². The number of carbonyl (C=O) groups is 2. The molecule has 126 valence electrons. The summed E-state index contributed by atoms with van der Waals surface area (Å²) >= 11 is 0. The fraction of sp³-hybridized carbons (Fsp3) is 0.556. The van der Waals surface area contributed by atoms with Crippen LogP contribution in [0.1, 0.15) is 50.5 Å². The van der Waals surface area contributed by atoms with E-state index >= 15 is 0 Å². The first-order chi connectivity index (χ1) is 11.1. The lowest BCUT2D eigenvalue weighted by Crippen LogP contribution is -2.44. The Hall–Kier alpha value is -1.91. The van der Waals surface area contributed by atoms with Crippen molar-refractivity contribution in [3.05, 3.63) is 35.6 Å². The lowest BCUT2D eigenvalue weighted by atomic mass is 9.86. The van der Waals surface area contributed by atoms with Crippen LogP contribution in [0.15, 0.2) is 24.3 Å². The van der Waals surface area contributed by atoms with Gasteiger partial charge in [-0.2, -0.15) is 0 Å². The lowest BCUT2D eigenvalue weighted by Gasteiger charge is -2.27. The van der Waals surface area contributed by atoms with Crippen LogP contribution in [0.4, 0.5) is 4.39 Å². The Morgan fingerprint density at radius 3 is 2.39 bits per heavy atom. The molecule has 5 heteroatoms. The molecular formula is C18H24FNO3. The van der Waals surface area contributed by atoms with Crippen LogP contribution in [0.2, 0.25) is 0 Å². The van der Waals surface area contributed by atoms with Gasteiger partial charge in [0.1, 0.15) is 5.82 Å². The van der Waals surface area contributed by atoms with Crippen LogP contribution in [0, 0.1) is 11.7 Å². The lowest BCUT2D eigenvalue weighted by molar-refractivity contribution is -0.143. The average molecular weight is 321 g/mol. The molecular weight excluding hydrogens is 297 g/mol. The molecule has 0 aliphatic heterocycles. The first kappa shape index (κ1) is 17.4. The molecule has 1 fully saturated rings. The summed E-state index contributed by atoms with van der Waals surface area (Å²) in [5, 5.41) is 12.3. The summed E-state index contributed by atoms with van der Waals surface area (Å²) in [4.78, 5) is 23.6. The van der Waals surface area contributed by atoms with Crippen LogP contribution in [0.3, 0.4) is 0 Å². The van der Waals surface area contributed by atoms with Gasteiger partial charge in [-0.1, -0.05) is 37.8 Å². The first-order valence-electron chi connectivity index (χ1n) is 8.33. The molecule has 23 heavy (non-hydrogen) atoms. The van der Waals surface area contributed by atoms with Crippen molar-refractivity contribution in [2.75, 3.05) is 0 Å². The van der Waals surface area contributed by atoms with Gasteiger partial charge in [0, 0.05) is 12.5 Å². The van der Waals surface area contributed by atoms with Gasteiger partial charge in [-0.3, -0.25) is 9.59 Å². The molecule has 2 rings (SSSR count). The van der Waals surface area contributed by atoms with Crippen molar-refractivity contribution >= 4 is 11.9 Å². The Morgan fingerprint density at radius 2 is 1.74 bits per heavy atom. The number of carbonyl (C=O) groups excluding carboxylic acids is 1. The monoisotopic (exact) mass is 321 g/mol. The zero-order valence-corrected chi connectivity index (χ0v) is 13.3. The van der Waals surface area contributed by atoms with E-state index in [0.717, 1.165) is 37.7 Å². The number of carboxylic acid groups (broad SMARTS) is 1. The fourth-order valence-electron chi connectivity index (χ4n) is 3.14. The minimum absolute atomic E-state index is 0.133. The maximum Gasteiger partial charge on any atom is 0.308 e. The summed E-state index contributed by atoms with van der Waals surface area (Å²) in [6.07, 6.45) is 6.16. The number of nitrogens with one attached hydrogen (secondary N) is 1. The van der Waals surface area contributed by atoms with Gasteiger partial charge in [0.05, 0.1) is 5.92 Å². The molecule has 4 nitrogen and oxygen atoms in total. The smallest absolute Gasteiger partial charge is 0.308 e. The van der Waals surface area contributed by atoms with E-state index in [0.29, 0.717) is 12.8 Å². The van der Waals surface area contributed by atoms with Gasteiger partial charge in [-0.25, -0.2) is 4.39 Å². The van der Waals surface area contributed by atoms with E-state index in [9.17, 15) is 19.1 Å². The van der Waals surface area contributed by atoms with E-state index in [1.807, 2.05) is 0 Å². The van der Waals surface area contributed by atoms with Crippen molar-refractivity contribution < 1.29 is 19.1 Å². The molecule has 2 N–H and O–H groups in total. The molecule has 0 radical (unpaired) electrons. The van der Waals surface area contributed by atoms with E-state index in [-0.39, 0.29) is 24.2 Å². The minimum atomic E-state index is -0.823. The highest BCUT2D eigenvalue weighted by Gasteiger charge is 2.29. The minimum Gasteiger partial charge on any atom is -0.481 e. The van der Waals surface area contributed by atoms with E-state index in [1.54, 1.807) is 12.1 Å². The number of hydrogen-bond acceptors (Lipinski definition) is 2. The Labute approximate surface area is 136 Å². The molecule has 0 spiro atoms. The van der Waals surface area contributed by atoms with Gasteiger partial charge in [0.2, 0.25) is 5.91 Å². The molecule has 0 saturated heterocycles. The number of carboxylic acids is 1. The standard InChI is InChI=1S/C18H24FNO3/c19-14-10-7-13(8-11-14)9-12-17(21)20-16-6-4-2-1-3-5-15(16)18(22)23/h7-8,10-11,15-16H,1-6,9,12H2,(H,20,21)(H,22,23). The fourth-order valence-corrected chi connectivity index (χ4v) is 3.14. The molecule has 1 aromatic carbocycles. The highest BCUT2D eigenvalue weighted by atomic mass is 19.1. The number of halogens is 1. The van der Waals surface area contributed by atoms with E-state index < -0.39 is 11.9 Å². The van der Waals surface area contributed by atoms with Crippen LogP contribution in [-0.2, 0) is 16.0 Å². The van der Waals surface area contributed by atoms with Crippen molar-refractivity contribution in [2.45, 2.75) is 57.4 Å². The van der Waals surface area contributed by atoms with E-state index in [1.165, 1.54) is 12.1 Å². The van der Waals surface area contributed by atoms with Gasteiger partial charge >= 0.3 is 5.97 Å². The predicted molar refractivity (Wildman–Crippen MR) is 85.5 cm³/mol. The van der Waals surface area contributed by atoms with Crippen molar-refractivity contribution in [3.63, 3.8) is 0 Å². The molecule has 1 saturated carbocycles. The van der Waals surface area contributed by atoms with Crippen molar-refractivity contribution in [2.24, 2.45) is 5.92 Å². The first-order valence-corrected chi connectivity index (χ1v) is 8.33. The number of aryl methyl sites for hydroxylation is 1. The zero-order chi connectivity index (χ0) is 16.7. The van der Waals surface area contributed by atoms with E-state index in [2.05, 4.69) is 5.32 Å². The number of amides is 1. The number of benzene rings is 1. The summed E-state index contributed by atoms with van der Waals surface area (Å²) in [7, 11) is 0.